The standard InChI is InChI=1S/C16H20N6S/c1-13(20(3)12-21-9-8-19(2)16(21)23)14-4-6-15(7-5-14)22-11-17-10-18-22/h4-11,13H,12H2,1-3H3/p+1/t13-/m0/s1. The third-order valence-electron chi connectivity index (χ3n) is 4.25. The van der Waals surface area contributed by atoms with Crippen molar-refractivity contribution in [2.45, 2.75) is 19.6 Å². The molecule has 2 atom stereocenters. The zero-order valence-electron chi connectivity index (χ0n) is 13.5. The summed E-state index contributed by atoms with van der Waals surface area (Å²) in [4.78, 5) is 5.35. The fourth-order valence-corrected chi connectivity index (χ4v) is 2.76. The maximum Gasteiger partial charge on any atom is 0.183 e. The van der Waals surface area contributed by atoms with E-state index in [9.17, 15) is 0 Å². The van der Waals surface area contributed by atoms with Crippen molar-refractivity contribution in [1.82, 2.24) is 23.9 Å². The molecule has 7 heteroatoms. The van der Waals surface area contributed by atoms with Gasteiger partial charge in [-0.2, -0.15) is 5.10 Å². The minimum absolute atomic E-state index is 0.363. The van der Waals surface area contributed by atoms with Gasteiger partial charge in [0.05, 0.1) is 12.7 Å². The molecule has 0 radical (unpaired) electrons. The maximum absolute atomic E-state index is 5.41. The summed E-state index contributed by atoms with van der Waals surface area (Å²) in [6.45, 7) is 3.07. The molecular weight excluding hydrogens is 308 g/mol. The van der Waals surface area contributed by atoms with Gasteiger partial charge in [0, 0.05) is 25.0 Å². The number of nitrogens with zero attached hydrogens (tertiary/aromatic N) is 5. The summed E-state index contributed by atoms with van der Waals surface area (Å²) in [5, 5.41) is 4.15. The number of aromatic nitrogens is 5. The number of hydrogen-bond acceptors (Lipinski definition) is 3. The van der Waals surface area contributed by atoms with Gasteiger partial charge < -0.3 is 9.47 Å². The molecule has 23 heavy (non-hydrogen) atoms. The lowest BCUT2D eigenvalue weighted by Gasteiger charge is -2.22. The second kappa shape index (κ2) is 6.47. The molecule has 6 nitrogen and oxygen atoms in total. The van der Waals surface area contributed by atoms with E-state index in [4.69, 9.17) is 12.2 Å². The molecular formula is C16H21N6S+. The van der Waals surface area contributed by atoms with E-state index in [-0.39, 0.29) is 0 Å². The van der Waals surface area contributed by atoms with Gasteiger partial charge in [-0.25, -0.2) is 9.67 Å². The molecule has 120 valence electrons. The third-order valence-corrected chi connectivity index (χ3v) is 4.78. The SMILES string of the molecule is C[C@@H](c1ccc(-n2cncn2)cc1)[NH+](C)Cn1ccn(C)c1=S. The Morgan fingerprint density at radius 2 is 1.96 bits per heavy atom. The number of quaternary nitrogens is 1. The smallest absolute Gasteiger partial charge is 0.183 e. The van der Waals surface area contributed by atoms with Gasteiger partial charge >= 0.3 is 0 Å². The van der Waals surface area contributed by atoms with Gasteiger partial charge in [0.1, 0.15) is 18.7 Å². The van der Waals surface area contributed by atoms with Gasteiger partial charge in [-0.15, -0.1) is 0 Å². The molecule has 0 bridgehead atoms. The van der Waals surface area contributed by atoms with Crippen molar-refractivity contribution < 1.29 is 4.90 Å². The highest BCUT2D eigenvalue weighted by molar-refractivity contribution is 7.71. The lowest BCUT2D eigenvalue weighted by Crippen LogP contribution is -3.08. The zero-order valence-corrected chi connectivity index (χ0v) is 14.4. The minimum Gasteiger partial charge on any atom is -0.327 e. The summed E-state index contributed by atoms with van der Waals surface area (Å²) < 4.78 is 6.66. The van der Waals surface area contributed by atoms with Crippen molar-refractivity contribution in [3.8, 4) is 5.69 Å². The molecule has 1 N–H and O–H groups in total. The molecule has 0 spiro atoms. The molecule has 3 aromatic rings. The van der Waals surface area contributed by atoms with Crippen LogP contribution < -0.4 is 4.90 Å². The van der Waals surface area contributed by atoms with E-state index in [0.29, 0.717) is 6.04 Å². The van der Waals surface area contributed by atoms with Gasteiger partial charge in [0.25, 0.3) is 0 Å². The van der Waals surface area contributed by atoms with Crippen LogP contribution in [0.1, 0.15) is 18.5 Å². The van der Waals surface area contributed by atoms with Crippen LogP contribution in [0.4, 0.5) is 0 Å². The quantitative estimate of drug-likeness (QED) is 0.719. The number of hydrogen-bond donors (Lipinski definition) is 1. The predicted molar refractivity (Wildman–Crippen MR) is 90.9 cm³/mol. The van der Waals surface area contributed by atoms with E-state index < -0.39 is 0 Å². The highest BCUT2D eigenvalue weighted by Gasteiger charge is 2.16. The van der Waals surface area contributed by atoms with Crippen molar-refractivity contribution in [2.24, 2.45) is 7.05 Å². The van der Waals surface area contributed by atoms with Crippen molar-refractivity contribution in [3.05, 3.63) is 59.6 Å². The molecule has 0 aliphatic rings. The van der Waals surface area contributed by atoms with Gasteiger partial charge in [0.2, 0.25) is 0 Å². The van der Waals surface area contributed by atoms with Crippen LogP contribution in [0.15, 0.2) is 49.3 Å². The second-order valence-corrected chi connectivity index (χ2v) is 6.18. The van der Waals surface area contributed by atoms with Crippen LogP contribution >= 0.6 is 12.2 Å². The summed E-state index contributed by atoms with van der Waals surface area (Å²) in [6, 6.07) is 8.80. The molecule has 3 rings (SSSR count). The van der Waals surface area contributed by atoms with E-state index in [1.54, 1.807) is 11.0 Å². The van der Waals surface area contributed by atoms with Crippen LogP contribution in [0.3, 0.4) is 0 Å². The molecule has 0 aliphatic carbocycles. The van der Waals surface area contributed by atoms with Gasteiger partial charge in [-0.1, -0.05) is 12.1 Å². The number of nitrogens with one attached hydrogen (secondary N) is 1. The average Bonchev–Trinajstić information content (AvgIpc) is 3.20. The zero-order chi connectivity index (χ0) is 16.4. The summed E-state index contributed by atoms with van der Waals surface area (Å²) in [5.41, 5.74) is 2.30. The highest BCUT2D eigenvalue weighted by Crippen LogP contribution is 2.13. The van der Waals surface area contributed by atoms with Gasteiger partial charge in [-0.3, -0.25) is 4.57 Å². The highest BCUT2D eigenvalue weighted by atomic mass is 32.1. The van der Waals surface area contributed by atoms with Crippen LogP contribution in [0.25, 0.3) is 5.69 Å². The monoisotopic (exact) mass is 329 g/mol. The molecule has 1 aromatic carbocycles. The number of imidazole rings is 1. The second-order valence-electron chi connectivity index (χ2n) is 5.82. The first-order valence-corrected chi connectivity index (χ1v) is 7.96. The average molecular weight is 329 g/mol. The molecule has 0 aliphatic heterocycles. The number of rotatable bonds is 5. The largest absolute Gasteiger partial charge is 0.327 e. The normalized spacial score (nSPS) is 13.9. The van der Waals surface area contributed by atoms with Crippen molar-refractivity contribution >= 4 is 12.2 Å². The Labute approximate surface area is 140 Å². The first-order chi connectivity index (χ1) is 11.1. The Morgan fingerprint density at radius 3 is 2.52 bits per heavy atom. The Morgan fingerprint density at radius 1 is 1.22 bits per heavy atom. The molecule has 2 aromatic heterocycles. The van der Waals surface area contributed by atoms with E-state index in [1.807, 2.05) is 24.0 Å². The van der Waals surface area contributed by atoms with Crippen molar-refractivity contribution in [1.29, 1.82) is 0 Å². The Balaban J connectivity index is 1.73. The molecule has 0 saturated heterocycles. The van der Waals surface area contributed by atoms with Crippen LogP contribution in [-0.2, 0) is 13.7 Å². The van der Waals surface area contributed by atoms with E-state index in [2.05, 4.69) is 52.9 Å². The van der Waals surface area contributed by atoms with Crippen LogP contribution in [0, 0.1) is 4.77 Å². The Bertz CT molecular complexity index is 815. The molecule has 2 heterocycles. The topological polar surface area (TPSA) is 45.0 Å². The molecule has 1 unspecified atom stereocenters. The summed E-state index contributed by atoms with van der Waals surface area (Å²) in [7, 11) is 4.16. The fourth-order valence-electron chi connectivity index (χ4n) is 2.58. The third kappa shape index (κ3) is 3.25. The molecule has 0 fully saturated rings. The van der Waals surface area contributed by atoms with E-state index in [1.165, 1.54) is 16.8 Å². The van der Waals surface area contributed by atoms with Gasteiger partial charge in [-0.05, 0) is 31.3 Å². The maximum atomic E-state index is 5.41. The minimum atomic E-state index is 0.363. The summed E-state index contributed by atoms with van der Waals surface area (Å²) >= 11 is 5.41. The number of aryl methyl sites for hydroxylation is 1. The van der Waals surface area contributed by atoms with Gasteiger partial charge in [0.15, 0.2) is 11.4 Å². The first-order valence-electron chi connectivity index (χ1n) is 7.55. The predicted octanol–water partition coefficient (Wildman–Crippen LogP) is 1.37. The molecule has 0 amide bonds. The summed E-state index contributed by atoms with van der Waals surface area (Å²) in [6.07, 6.45) is 7.27. The fraction of sp³-hybridized carbons (Fsp3) is 0.312. The lowest BCUT2D eigenvalue weighted by atomic mass is 10.1. The van der Waals surface area contributed by atoms with E-state index >= 15 is 0 Å². The Hall–Kier alpha value is -2.25. The van der Waals surface area contributed by atoms with Crippen molar-refractivity contribution in [3.63, 3.8) is 0 Å². The summed E-state index contributed by atoms with van der Waals surface area (Å²) in [5.74, 6) is 0. The lowest BCUT2D eigenvalue weighted by molar-refractivity contribution is -0.932. The Kier molecular flexibility index (Phi) is 4.40. The van der Waals surface area contributed by atoms with E-state index in [0.717, 1.165) is 17.1 Å². The van der Waals surface area contributed by atoms with Crippen molar-refractivity contribution in [2.75, 3.05) is 7.05 Å². The molecule has 0 saturated carbocycles. The van der Waals surface area contributed by atoms with Crippen LogP contribution in [0.5, 0.6) is 0 Å². The number of benzene rings is 1. The van der Waals surface area contributed by atoms with Crippen LogP contribution in [-0.4, -0.2) is 30.9 Å². The van der Waals surface area contributed by atoms with Crippen LogP contribution in [0.2, 0.25) is 0 Å². The first kappa shape index (κ1) is 15.6.